The number of rotatable bonds is 2. The predicted octanol–water partition coefficient (Wildman–Crippen LogP) is 5.55. The Kier molecular flexibility index (Phi) is 3.59. The Balaban J connectivity index is 1.94. The van der Waals surface area contributed by atoms with Crippen molar-refractivity contribution in [2.24, 2.45) is 0 Å². The molecular weight excluding hydrogens is 345 g/mol. The summed E-state index contributed by atoms with van der Waals surface area (Å²) in [6.45, 7) is 0. The maximum Gasteiger partial charge on any atom is 0.220 e. The zero-order valence-electron chi connectivity index (χ0n) is 10.1. The van der Waals surface area contributed by atoms with Gasteiger partial charge in [-0.05, 0) is 35.9 Å². The number of nitrogens with zero attached hydrogens (tertiary/aromatic N) is 1. The quantitative estimate of drug-likeness (QED) is 0.604. The minimum atomic E-state index is -0.332. The molecule has 0 bridgehead atoms. The number of fused-ring (bicyclic) bond motifs is 1. The van der Waals surface area contributed by atoms with Crippen molar-refractivity contribution in [3.05, 3.63) is 63.2 Å². The lowest BCUT2D eigenvalue weighted by atomic mass is 10.2. The summed E-state index contributed by atoms with van der Waals surface area (Å²) in [5.41, 5.74) is 2.00. The van der Waals surface area contributed by atoms with Crippen molar-refractivity contribution in [2.75, 3.05) is 0 Å². The first-order chi connectivity index (χ1) is 9.61. The van der Waals surface area contributed by atoms with Crippen molar-refractivity contribution in [3.8, 4) is 0 Å². The standard InChI is InChI=1S/C15H8BrClFNO/c16-12-7-10(17)3-1-9(12)2-6-15-19-13-8-11(18)4-5-14(13)20-15/h1-8H/b6-2+. The van der Waals surface area contributed by atoms with E-state index in [0.29, 0.717) is 22.0 Å². The second-order valence-electron chi connectivity index (χ2n) is 4.16. The smallest absolute Gasteiger partial charge is 0.220 e. The predicted molar refractivity (Wildman–Crippen MR) is 82.0 cm³/mol. The molecule has 0 aliphatic heterocycles. The zero-order chi connectivity index (χ0) is 14.1. The maximum atomic E-state index is 13.1. The number of aromatic nitrogens is 1. The van der Waals surface area contributed by atoms with E-state index < -0.39 is 0 Å². The Bertz CT molecular complexity index is 813. The summed E-state index contributed by atoms with van der Waals surface area (Å²) in [5, 5.41) is 0.659. The largest absolute Gasteiger partial charge is 0.437 e. The van der Waals surface area contributed by atoms with Crippen LogP contribution < -0.4 is 0 Å². The van der Waals surface area contributed by atoms with Crippen molar-refractivity contribution >= 4 is 50.8 Å². The molecule has 0 aliphatic carbocycles. The van der Waals surface area contributed by atoms with Crippen LogP contribution in [0.25, 0.3) is 23.3 Å². The minimum Gasteiger partial charge on any atom is -0.437 e. The first-order valence-corrected chi connectivity index (χ1v) is 6.98. The van der Waals surface area contributed by atoms with E-state index in [0.717, 1.165) is 10.0 Å². The van der Waals surface area contributed by atoms with Gasteiger partial charge in [0.25, 0.3) is 0 Å². The normalized spacial score (nSPS) is 11.6. The van der Waals surface area contributed by atoms with Gasteiger partial charge in [0.05, 0.1) is 0 Å². The highest BCUT2D eigenvalue weighted by Crippen LogP contribution is 2.24. The highest BCUT2D eigenvalue weighted by Gasteiger charge is 2.04. The summed E-state index contributed by atoms with van der Waals surface area (Å²) in [6, 6.07) is 9.74. The molecule has 3 aromatic rings. The van der Waals surface area contributed by atoms with Gasteiger partial charge in [-0.2, -0.15) is 0 Å². The van der Waals surface area contributed by atoms with Gasteiger partial charge in [-0.1, -0.05) is 33.6 Å². The molecule has 0 aliphatic rings. The van der Waals surface area contributed by atoms with Gasteiger partial charge >= 0.3 is 0 Å². The topological polar surface area (TPSA) is 26.0 Å². The van der Waals surface area contributed by atoms with Crippen LogP contribution in [0.15, 0.2) is 45.3 Å². The van der Waals surface area contributed by atoms with E-state index in [2.05, 4.69) is 20.9 Å². The maximum absolute atomic E-state index is 13.1. The van der Waals surface area contributed by atoms with Crippen LogP contribution in [0, 0.1) is 5.82 Å². The molecular formula is C15H8BrClFNO. The molecule has 0 unspecified atom stereocenters. The highest BCUT2D eigenvalue weighted by molar-refractivity contribution is 9.10. The molecule has 0 fully saturated rings. The van der Waals surface area contributed by atoms with Crippen LogP contribution in [-0.2, 0) is 0 Å². The lowest BCUT2D eigenvalue weighted by Gasteiger charge is -1.97. The van der Waals surface area contributed by atoms with E-state index in [-0.39, 0.29) is 5.82 Å². The number of halogens is 3. The van der Waals surface area contributed by atoms with E-state index in [4.69, 9.17) is 16.0 Å². The van der Waals surface area contributed by atoms with E-state index in [9.17, 15) is 4.39 Å². The van der Waals surface area contributed by atoms with Gasteiger partial charge in [0.15, 0.2) is 5.58 Å². The van der Waals surface area contributed by atoms with Gasteiger partial charge in [0, 0.05) is 21.6 Å². The molecule has 20 heavy (non-hydrogen) atoms. The third-order valence-corrected chi connectivity index (χ3v) is 3.66. The summed E-state index contributed by atoms with van der Waals surface area (Å²) >= 11 is 9.31. The van der Waals surface area contributed by atoms with E-state index in [1.807, 2.05) is 18.2 Å². The van der Waals surface area contributed by atoms with E-state index in [1.165, 1.54) is 12.1 Å². The molecule has 5 heteroatoms. The number of oxazole rings is 1. The van der Waals surface area contributed by atoms with Crippen LogP contribution in [0.5, 0.6) is 0 Å². The Morgan fingerprint density at radius 2 is 2.00 bits per heavy atom. The van der Waals surface area contributed by atoms with Gasteiger partial charge in [-0.3, -0.25) is 0 Å². The fourth-order valence-electron chi connectivity index (χ4n) is 1.79. The molecule has 0 saturated heterocycles. The highest BCUT2D eigenvalue weighted by atomic mass is 79.9. The average Bonchev–Trinajstić information content (AvgIpc) is 2.79. The van der Waals surface area contributed by atoms with Crippen LogP contribution in [0.4, 0.5) is 4.39 Å². The molecule has 3 rings (SSSR count). The molecule has 2 nitrogen and oxygen atoms in total. The number of benzene rings is 2. The summed E-state index contributed by atoms with van der Waals surface area (Å²) in [6.07, 6.45) is 3.58. The lowest BCUT2D eigenvalue weighted by molar-refractivity contribution is 0.588. The SMILES string of the molecule is Fc1ccc2oc(/C=C/c3ccc(Cl)cc3Br)nc2c1. The molecule has 100 valence electrons. The third kappa shape index (κ3) is 2.76. The van der Waals surface area contributed by atoms with Crippen molar-refractivity contribution in [3.63, 3.8) is 0 Å². The van der Waals surface area contributed by atoms with Crippen LogP contribution in [-0.4, -0.2) is 4.98 Å². The molecule has 0 atom stereocenters. The van der Waals surface area contributed by atoms with Crippen LogP contribution in [0.3, 0.4) is 0 Å². The lowest BCUT2D eigenvalue weighted by Crippen LogP contribution is -1.76. The molecule has 1 heterocycles. The fourth-order valence-corrected chi connectivity index (χ4v) is 2.60. The molecule has 1 aromatic heterocycles. The van der Waals surface area contributed by atoms with Crippen molar-refractivity contribution < 1.29 is 8.81 Å². The fraction of sp³-hybridized carbons (Fsp3) is 0. The van der Waals surface area contributed by atoms with Crippen LogP contribution in [0.2, 0.25) is 5.02 Å². The van der Waals surface area contributed by atoms with E-state index >= 15 is 0 Å². The number of hydrogen-bond acceptors (Lipinski definition) is 2. The summed E-state index contributed by atoms with van der Waals surface area (Å²) in [7, 11) is 0. The number of hydrogen-bond donors (Lipinski definition) is 0. The van der Waals surface area contributed by atoms with Gasteiger partial charge in [0.2, 0.25) is 5.89 Å². The Labute approximate surface area is 128 Å². The second-order valence-corrected chi connectivity index (χ2v) is 5.45. The van der Waals surface area contributed by atoms with E-state index in [1.54, 1.807) is 18.2 Å². The molecule has 0 radical (unpaired) electrons. The molecule has 0 spiro atoms. The molecule has 2 aromatic carbocycles. The Morgan fingerprint density at radius 3 is 2.80 bits per heavy atom. The summed E-state index contributed by atoms with van der Waals surface area (Å²) in [5.74, 6) is 0.0919. The van der Waals surface area contributed by atoms with Crippen molar-refractivity contribution in [1.29, 1.82) is 0 Å². The van der Waals surface area contributed by atoms with Crippen molar-refractivity contribution in [2.45, 2.75) is 0 Å². The van der Waals surface area contributed by atoms with Gasteiger partial charge in [-0.15, -0.1) is 0 Å². The van der Waals surface area contributed by atoms with Crippen molar-refractivity contribution in [1.82, 2.24) is 4.98 Å². The van der Waals surface area contributed by atoms with Crippen LogP contribution in [0.1, 0.15) is 11.5 Å². The van der Waals surface area contributed by atoms with Gasteiger partial charge in [0.1, 0.15) is 11.3 Å². The first kappa shape index (κ1) is 13.3. The zero-order valence-corrected chi connectivity index (χ0v) is 12.5. The van der Waals surface area contributed by atoms with Gasteiger partial charge in [-0.25, -0.2) is 9.37 Å². The summed E-state index contributed by atoms with van der Waals surface area (Å²) in [4.78, 5) is 4.20. The molecule has 0 N–H and O–H groups in total. The Hall–Kier alpha value is -1.65. The minimum absolute atomic E-state index is 0.332. The average molecular weight is 353 g/mol. The molecule has 0 amide bonds. The second kappa shape index (κ2) is 5.38. The third-order valence-electron chi connectivity index (χ3n) is 2.73. The van der Waals surface area contributed by atoms with Crippen LogP contribution >= 0.6 is 27.5 Å². The molecule has 0 saturated carbocycles. The monoisotopic (exact) mass is 351 g/mol. The summed E-state index contributed by atoms with van der Waals surface area (Å²) < 4.78 is 19.4. The Morgan fingerprint density at radius 1 is 1.15 bits per heavy atom. The van der Waals surface area contributed by atoms with Gasteiger partial charge < -0.3 is 4.42 Å². The first-order valence-electron chi connectivity index (χ1n) is 5.81.